The summed E-state index contributed by atoms with van der Waals surface area (Å²) in [5.41, 5.74) is 6.69. The first-order valence-electron chi connectivity index (χ1n) is 12.7. The van der Waals surface area contributed by atoms with Crippen LogP contribution < -0.4 is 10.2 Å². The Morgan fingerprint density at radius 1 is 1.12 bits per heavy atom. The van der Waals surface area contributed by atoms with E-state index in [0.29, 0.717) is 12.0 Å². The maximum absolute atomic E-state index is 11.5. The van der Waals surface area contributed by atoms with Crippen LogP contribution in [-0.2, 0) is 16.6 Å². The third-order valence-corrected chi connectivity index (χ3v) is 7.94. The van der Waals surface area contributed by atoms with E-state index in [9.17, 15) is 4.79 Å². The highest BCUT2D eigenvalue weighted by atomic mass is 16.1. The van der Waals surface area contributed by atoms with Crippen molar-refractivity contribution in [2.75, 3.05) is 18.0 Å². The van der Waals surface area contributed by atoms with Gasteiger partial charge in [-0.2, -0.15) is 0 Å². The van der Waals surface area contributed by atoms with Gasteiger partial charge in [-0.1, -0.05) is 81.1 Å². The van der Waals surface area contributed by atoms with Crippen LogP contribution in [0.15, 0.2) is 67.2 Å². The Balaban J connectivity index is 1.66. The molecule has 1 heterocycles. The van der Waals surface area contributed by atoms with Gasteiger partial charge in [-0.3, -0.25) is 4.79 Å². The molecule has 2 aliphatic rings. The number of fused-ring (bicyclic) bond motifs is 5. The first kappa shape index (κ1) is 22.7. The van der Waals surface area contributed by atoms with Gasteiger partial charge in [0.1, 0.15) is 0 Å². The first-order valence-corrected chi connectivity index (χ1v) is 12.7. The van der Waals surface area contributed by atoms with Gasteiger partial charge >= 0.3 is 0 Å². The normalized spacial score (nSPS) is 20.9. The summed E-state index contributed by atoms with van der Waals surface area (Å²) in [6.07, 6.45) is 4.13. The number of nitrogens with one attached hydrogen (secondary N) is 1. The maximum Gasteiger partial charge on any atom is 0.216 e. The fraction of sp³-hybridized carbons (Fsp3) is 0.387. The average molecular weight is 453 g/mol. The third kappa shape index (κ3) is 3.62. The molecule has 3 aromatic carbocycles. The molecule has 1 N–H and O–H groups in total. The van der Waals surface area contributed by atoms with Crippen LogP contribution in [0.1, 0.15) is 56.7 Å². The SMILES string of the molecule is C=C1c2ccccc2C[C@@]12c1ccc3ccccc3c1N(CCC(C)C)[C@H]2CCCNC(C)=O. The second-order valence-electron chi connectivity index (χ2n) is 10.5. The monoisotopic (exact) mass is 452 g/mol. The van der Waals surface area contributed by atoms with Crippen molar-refractivity contribution in [1.29, 1.82) is 0 Å². The number of amides is 1. The molecule has 0 radical (unpaired) electrons. The second-order valence-corrected chi connectivity index (χ2v) is 10.5. The van der Waals surface area contributed by atoms with E-state index in [-0.39, 0.29) is 11.3 Å². The summed E-state index contributed by atoms with van der Waals surface area (Å²) >= 11 is 0. The molecule has 0 unspecified atom stereocenters. The lowest BCUT2D eigenvalue weighted by Crippen LogP contribution is -2.46. The fourth-order valence-electron chi connectivity index (χ4n) is 6.35. The smallest absolute Gasteiger partial charge is 0.216 e. The quantitative estimate of drug-likeness (QED) is 0.415. The molecule has 0 fully saturated rings. The number of carbonyl (C=O) groups is 1. The standard InChI is InChI=1S/C31H36N2O/c1-21(2)17-19-33-29(14-9-18-32-23(4)34)31(20-25-11-6-7-12-26(25)22(31)3)28-16-15-24-10-5-8-13-27(24)30(28)33/h5-8,10-13,15-16,21,29H,3,9,14,17-20H2,1-2,4H3,(H,32,34)/t29-,31-/m0/s1. The predicted molar refractivity (Wildman–Crippen MR) is 143 cm³/mol. The van der Waals surface area contributed by atoms with Gasteiger partial charge in [0.15, 0.2) is 0 Å². The van der Waals surface area contributed by atoms with E-state index in [0.717, 1.165) is 38.8 Å². The first-order chi connectivity index (χ1) is 16.4. The van der Waals surface area contributed by atoms with Gasteiger partial charge in [0.2, 0.25) is 5.91 Å². The number of anilines is 1. The summed E-state index contributed by atoms with van der Waals surface area (Å²) < 4.78 is 0. The van der Waals surface area contributed by atoms with Gasteiger partial charge in [-0.25, -0.2) is 0 Å². The van der Waals surface area contributed by atoms with Crippen molar-refractivity contribution in [2.24, 2.45) is 5.92 Å². The molecule has 2 atom stereocenters. The maximum atomic E-state index is 11.5. The molecular formula is C31H36N2O. The van der Waals surface area contributed by atoms with Crippen LogP contribution in [0.3, 0.4) is 0 Å². The lowest BCUT2D eigenvalue weighted by atomic mass is 9.70. The number of nitrogens with zero attached hydrogens (tertiary/aromatic N) is 1. The lowest BCUT2D eigenvalue weighted by molar-refractivity contribution is -0.118. The zero-order valence-corrected chi connectivity index (χ0v) is 20.7. The molecule has 5 rings (SSSR count). The average Bonchev–Trinajstić information content (AvgIpc) is 3.27. The Labute approximate surface area is 203 Å². The van der Waals surface area contributed by atoms with Gasteiger partial charge in [0.25, 0.3) is 0 Å². The summed E-state index contributed by atoms with van der Waals surface area (Å²) in [5.74, 6) is 0.684. The molecule has 0 aromatic heterocycles. The summed E-state index contributed by atoms with van der Waals surface area (Å²) in [7, 11) is 0. The summed E-state index contributed by atoms with van der Waals surface area (Å²) in [5, 5.41) is 5.65. The molecule has 3 aromatic rings. The van der Waals surface area contributed by atoms with Crippen LogP contribution in [0.25, 0.3) is 16.3 Å². The molecule has 1 spiro atoms. The van der Waals surface area contributed by atoms with Gasteiger partial charge in [0, 0.05) is 42.5 Å². The van der Waals surface area contributed by atoms with Crippen LogP contribution >= 0.6 is 0 Å². The van der Waals surface area contributed by atoms with Crippen LogP contribution in [0.5, 0.6) is 0 Å². The molecule has 1 amide bonds. The van der Waals surface area contributed by atoms with E-state index < -0.39 is 0 Å². The molecular weight excluding hydrogens is 416 g/mol. The molecule has 3 nitrogen and oxygen atoms in total. The summed E-state index contributed by atoms with van der Waals surface area (Å²) in [6.45, 7) is 12.7. The van der Waals surface area contributed by atoms with E-state index in [2.05, 4.69) is 84.7 Å². The number of benzene rings is 3. The fourth-order valence-corrected chi connectivity index (χ4v) is 6.35. The highest BCUT2D eigenvalue weighted by molar-refractivity contribution is 6.01. The van der Waals surface area contributed by atoms with E-state index >= 15 is 0 Å². The van der Waals surface area contributed by atoms with Crippen molar-refractivity contribution in [3.63, 3.8) is 0 Å². The molecule has 176 valence electrons. The lowest BCUT2D eigenvalue weighted by Gasteiger charge is -2.38. The number of hydrogen-bond donors (Lipinski definition) is 1. The topological polar surface area (TPSA) is 32.3 Å². The Morgan fingerprint density at radius 3 is 2.65 bits per heavy atom. The molecule has 1 aliphatic heterocycles. The van der Waals surface area contributed by atoms with Crippen molar-refractivity contribution in [3.8, 4) is 0 Å². The van der Waals surface area contributed by atoms with Gasteiger partial charge < -0.3 is 10.2 Å². The van der Waals surface area contributed by atoms with Crippen LogP contribution in [0.4, 0.5) is 5.69 Å². The molecule has 34 heavy (non-hydrogen) atoms. The number of carbonyl (C=O) groups excluding carboxylic acids is 1. The van der Waals surface area contributed by atoms with E-state index in [1.165, 1.54) is 38.7 Å². The molecule has 0 saturated carbocycles. The second kappa shape index (κ2) is 8.94. The summed E-state index contributed by atoms with van der Waals surface area (Å²) in [4.78, 5) is 14.2. The van der Waals surface area contributed by atoms with Crippen molar-refractivity contribution in [1.82, 2.24) is 5.32 Å². The minimum absolute atomic E-state index is 0.0461. The van der Waals surface area contributed by atoms with E-state index in [1.54, 1.807) is 6.92 Å². The zero-order valence-electron chi connectivity index (χ0n) is 20.7. The number of hydrogen-bond acceptors (Lipinski definition) is 2. The van der Waals surface area contributed by atoms with Gasteiger partial charge in [0.05, 0.1) is 0 Å². The highest BCUT2D eigenvalue weighted by Gasteiger charge is 2.55. The van der Waals surface area contributed by atoms with Crippen LogP contribution in [-0.4, -0.2) is 25.0 Å². The van der Waals surface area contributed by atoms with Crippen molar-refractivity contribution >= 4 is 27.9 Å². The molecule has 1 aliphatic carbocycles. The Kier molecular flexibility index (Phi) is 5.97. The predicted octanol–water partition coefficient (Wildman–Crippen LogP) is 6.50. The molecule has 3 heteroatoms. The zero-order chi connectivity index (χ0) is 23.9. The largest absolute Gasteiger partial charge is 0.367 e. The van der Waals surface area contributed by atoms with E-state index in [1.807, 2.05) is 0 Å². The Bertz CT molecular complexity index is 1240. The van der Waals surface area contributed by atoms with Crippen molar-refractivity contribution < 1.29 is 4.79 Å². The molecule has 0 bridgehead atoms. The Hall–Kier alpha value is -3.07. The van der Waals surface area contributed by atoms with E-state index in [4.69, 9.17) is 6.58 Å². The van der Waals surface area contributed by atoms with Crippen molar-refractivity contribution in [2.45, 2.75) is 57.9 Å². The minimum Gasteiger partial charge on any atom is -0.367 e. The van der Waals surface area contributed by atoms with Crippen LogP contribution in [0.2, 0.25) is 0 Å². The number of rotatable bonds is 7. The third-order valence-electron chi connectivity index (χ3n) is 7.94. The van der Waals surface area contributed by atoms with Crippen molar-refractivity contribution in [3.05, 3.63) is 83.9 Å². The molecule has 0 saturated heterocycles. The minimum atomic E-state index is -0.129. The van der Waals surface area contributed by atoms with Gasteiger partial charge in [-0.15, -0.1) is 0 Å². The Morgan fingerprint density at radius 2 is 1.88 bits per heavy atom. The highest BCUT2D eigenvalue weighted by Crippen LogP contribution is 2.60. The van der Waals surface area contributed by atoms with Gasteiger partial charge in [-0.05, 0) is 59.3 Å². The van der Waals surface area contributed by atoms with Crippen LogP contribution in [0, 0.1) is 5.92 Å². The summed E-state index contributed by atoms with van der Waals surface area (Å²) in [6, 6.07) is 22.6.